The number of hydrogen-bond acceptors (Lipinski definition) is 3. The molecule has 0 bridgehead atoms. The van der Waals surface area contributed by atoms with Gasteiger partial charge in [-0.15, -0.1) is 0 Å². The number of rotatable bonds is 5. The van der Waals surface area contributed by atoms with E-state index in [2.05, 4.69) is 24.0 Å². The monoisotopic (exact) mass is 413 g/mol. The molecule has 1 saturated heterocycles. The summed E-state index contributed by atoms with van der Waals surface area (Å²) in [5, 5.41) is 0.564. The van der Waals surface area contributed by atoms with Crippen molar-refractivity contribution in [2.75, 3.05) is 39.8 Å². The van der Waals surface area contributed by atoms with Crippen LogP contribution < -0.4 is 0 Å². The first kappa shape index (κ1) is 21.3. The third-order valence-electron chi connectivity index (χ3n) is 5.40. The van der Waals surface area contributed by atoms with Gasteiger partial charge in [0.1, 0.15) is 0 Å². The summed E-state index contributed by atoms with van der Waals surface area (Å²) < 4.78 is 0. The van der Waals surface area contributed by atoms with Crippen molar-refractivity contribution in [3.8, 4) is 0 Å². The van der Waals surface area contributed by atoms with Gasteiger partial charge < -0.3 is 9.80 Å². The van der Waals surface area contributed by atoms with Gasteiger partial charge in [-0.1, -0.05) is 41.9 Å². The van der Waals surface area contributed by atoms with Gasteiger partial charge in [0.2, 0.25) is 5.91 Å². The highest BCUT2D eigenvalue weighted by atomic mass is 35.5. The van der Waals surface area contributed by atoms with E-state index in [9.17, 15) is 9.59 Å². The number of halogens is 1. The van der Waals surface area contributed by atoms with Crippen molar-refractivity contribution >= 4 is 23.4 Å². The molecule has 0 unspecified atom stereocenters. The Bertz CT molecular complexity index is 871. The molecule has 0 N–H and O–H groups in total. The SMILES string of the molecule is Cc1ccccc1CN(C)C(=O)CN1CCCN(C(=O)c2cccc(Cl)c2)CC1. The summed E-state index contributed by atoms with van der Waals surface area (Å²) in [6, 6.07) is 15.2. The maximum absolute atomic E-state index is 12.8. The van der Waals surface area contributed by atoms with Crippen molar-refractivity contribution in [2.45, 2.75) is 19.9 Å². The summed E-state index contributed by atoms with van der Waals surface area (Å²) in [5.41, 5.74) is 2.97. The first-order chi connectivity index (χ1) is 13.9. The first-order valence-electron chi connectivity index (χ1n) is 9.99. The van der Waals surface area contributed by atoms with E-state index in [0.717, 1.165) is 18.5 Å². The quantitative estimate of drug-likeness (QED) is 0.754. The second-order valence-electron chi connectivity index (χ2n) is 7.61. The van der Waals surface area contributed by atoms with E-state index in [4.69, 9.17) is 11.6 Å². The number of carbonyl (C=O) groups is 2. The maximum Gasteiger partial charge on any atom is 0.253 e. The average Bonchev–Trinajstić information content (AvgIpc) is 2.94. The second-order valence-corrected chi connectivity index (χ2v) is 8.04. The fourth-order valence-electron chi connectivity index (χ4n) is 3.58. The summed E-state index contributed by atoms with van der Waals surface area (Å²) in [6.07, 6.45) is 0.848. The number of carbonyl (C=O) groups excluding carboxylic acids is 2. The molecule has 1 aliphatic heterocycles. The Morgan fingerprint density at radius 2 is 1.83 bits per heavy atom. The molecule has 0 atom stereocenters. The number of likely N-dealkylation sites (N-methyl/N-ethyl adjacent to an activating group) is 1. The van der Waals surface area contributed by atoms with Crippen LogP contribution in [0.4, 0.5) is 0 Å². The molecule has 0 radical (unpaired) electrons. The lowest BCUT2D eigenvalue weighted by molar-refractivity contribution is -0.131. The zero-order chi connectivity index (χ0) is 20.8. The Morgan fingerprint density at radius 1 is 1.03 bits per heavy atom. The minimum atomic E-state index is -0.00246. The van der Waals surface area contributed by atoms with Gasteiger partial charge in [-0.05, 0) is 42.7 Å². The van der Waals surface area contributed by atoms with Gasteiger partial charge in [0.05, 0.1) is 6.54 Å². The predicted molar refractivity (Wildman–Crippen MR) is 116 cm³/mol. The highest BCUT2D eigenvalue weighted by Crippen LogP contribution is 2.15. The van der Waals surface area contributed by atoms with E-state index in [-0.39, 0.29) is 11.8 Å². The third-order valence-corrected chi connectivity index (χ3v) is 5.64. The first-order valence-corrected chi connectivity index (χ1v) is 10.4. The molecular weight excluding hydrogens is 386 g/mol. The van der Waals surface area contributed by atoms with E-state index in [1.54, 1.807) is 29.2 Å². The standard InChI is InChI=1S/C23H28ClN3O2/c1-18-7-3-4-8-20(18)16-25(2)22(28)17-26-11-6-12-27(14-13-26)23(29)19-9-5-10-21(24)15-19/h3-5,7-10,15H,6,11-14,16-17H2,1-2H3. The molecule has 2 amide bonds. The lowest BCUT2D eigenvalue weighted by Crippen LogP contribution is -2.40. The van der Waals surface area contributed by atoms with Gasteiger partial charge in [0, 0.05) is 50.4 Å². The summed E-state index contributed by atoms with van der Waals surface area (Å²) in [6.45, 7) is 5.85. The van der Waals surface area contributed by atoms with Crippen molar-refractivity contribution in [2.24, 2.45) is 0 Å². The van der Waals surface area contributed by atoms with Crippen molar-refractivity contribution < 1.29 is 9.59 Å². The largest absolute Gasteiger partial charge is 0.340 e. The van der Waals surface area contributed by atoms with Crippen LogP contribution in [0.3, 0.4) is 0 Å². The molecule has 0 aliphatic carbocycles. The Balaban J connectivity index is 1.53. The van der Waals surface area contributed by atoms with E-state index in [1.807, 2.05) is 24.1 Å². The minimum absolute atomic E-state index is 0.00246. The molecule has 1 heterocycles. The van der Waals surface area contributed by atoms with Crippen LogP contribution in [0.2, 0.25) is 5.02 Å². The van der Waals surface area contributed by atoms with Crippen molar-refractivity contribution in [1.29, 1.82) is 0 Å². The summed E-state index contributed by atoms with van der Waals surface area (Å²) in [7, 11) is 1.85. The predicted octanol–water partition coefficient (Wildman–Crippen LogP) is 3.45. The topological polar surface area (TPSA) is 43.9 Å². The normalized spacial score (nSPS) is 15.1. The number of hydrogen-bond donors (Lipinski definition) is 0. The molecule has 154 valence electrons. The summed E-state index contributed by atoms with van der Waals surface area (Å²) in [5.74, 6) is 0.0974. The van der Waals surface area contributed by atoms with Gasteiger partial charge in [-0.2, -0.15) is 0 Å². The molecular formula is C23H28ClN3O2. The van der Waals surface area contributed by atoms with Gasteiger partial charge in [0.15, 0.2) is 0 Å². The molecule has 1 fully saturated rings. The molecule has 1 aliphatic rings. The molecule has 0 saturated carbocycles. The van der Waals surface area contributed by atoms with Crippen LogP contribution in [0.25, 0.3) is 0 Å². The molecule has 3 rings (SSSR count). The van der Waals surface area contributed by atoms with Crippen LogP contribution in [0.5, 0.6) is 0 Å². The lowest BCUT2D eigenvalue weighted by atomic mass is 10.1. The van der Waals surface area contributed by atoms with Gasteiger partial charge >= 0.3 is 0 Å². The van der Waals surface area contributed by atoms with Gasteiger partial charge in [0.25, 0.3) is 5.91 Å². The van der Waals surface area contributed by atoms with Crippen LogP contribution in [0.1, 0.15) is 27.9 Å². The molecule has 2 aromatic rings. The third kappa shape index (κ3) is 5.81. The zero-order valence-electron chi connectivity index (χ0n) is 17.1. The van der Waals surface area contributed by atoms with Crippen molar-refractivity contribution in [1.82, 2.24) is 14.7 Å². The van der Waals surface area contributed by atoms with Gasteiger partial charge in [-0.25, -0.2) is 0 Å². The fraction of sp³-hybridized carbons (Fsp3) is 0.391. The number of nitrogens with zero attached hydrogens (tertiary/aromatic N) is 3. The summed E-state index contributed by atoms with van der Waals surface area (Å²) in [4.78, 5) is 31.2. The molecule has 6 heteroatoms. The average molecular weight is 414 g/mol. The number of amides is 2. The number of benzene rings is 2. The molecule has 0 spiro atoms. The summed E-state index contributed by atoms with van der Waals surface area (Å²) >= 11 is 6.02. The lowest BCUT2D eigenvalue weighted by Gasteiger charge is -2.25. The second kappa shape index (κ2) is 9.90. The smallest absolute Gasteiger partial charge is 0.253 e. The Kier molecular flexibility index (Phi) is 7.29. The minimum Gasteiger partial charge on any atom is -0.340 e. The van der Waals surface area contributed by atoms with Crippen LogP contribution >= 0.6 is 11.6 Å². The Labute approximate surface area is 177 Å². The van der Waals surface area contributed by atoms with Crippen LogP contribution in [0.15, 0.2) is 48.5 Å². The number of aryl methyl sites for hydroxylation is 1. The van der Waals surface area contributed by atoms with Crippen LogP contribution in [-0.4, -0.2) is 66.3 Å². The highest BCUT2D eigenvalue weighted by Gasteiger charge is 2.22. The highest BCUT2D eigenvalue weighted by molar-refractivity contribution is 6.30. The fourth-order valence-corrected chi connectivity index (χ4v) is 3.77. The maximum atomic E-state index is 12.8. The molecule has 2 aromatic carbocycles. The zero-order valence-corrected chi connectivity index (χ0v) is 17.9. The van der Waals surface area contributed by atoms with Crippen LogP contribution in [0, 0.1) is 6.92 Å². The van der Waals surface area contributed by atoms with Gasteiger partial charge in [-0.3, -0.25) is 14.5 Å². The van der Waals surface area contributed by atoms with Crippen molar-refractivity contribution in [3.63, 3.8) is 0 Å². The Morgan fingerprint density at radius 3 is 2.59 bits per heavy atom. The van der Waals surface area contributed by atoms with E-state index < -0.39 is 0 Å². The molecule has 0 aromatic heterocycles. The molecule has 5 nitrogen and oxygen atoms in total. The van der Waals surface area contributed by atoms with Crippen molar-refractivity contribution in [3.05, 3.63) is 70.2 Å². The van der Waals surface area contributed by atoms with Crippen LogP contribution in [-0.2, 0) is 11.3 Å². The van der Waals surface area contributed by atoms with E-state index in [1.165, 1.54) is 5.56 Å². The van der Waals surface area contributed by atoms with E-state index in [0.29, 0.717) is 43.3 Å². The Hall–Kier alpha value is -2.37. The van der Waals surface area contributed by atoms with E-state index >= 15 is 0 Å². The molecule has 29 heavy (non-hydrogen) atoms.